The molecule has 1 aromatic carbocycles. The van der Waals surface area contributed by atoms with Crippen LogP contribution in [0.25, 0.3) is 0 Å². The van der Waals surface area contributed by atoms with Crippen LogP contribution in [0.15, 0.2) is 47.6 Å². The number of oxime groups is 1. The molecule has 1 aliphatic heterocycles. The molecule has 0 unspecified atom stereocenters. The van der Waals surface area contributed by atoms with E-state index in [1.54, 1.807) is 4.90 Å². The van der Waals surface area contributed by atoms with Crippen molar-refractivity contribution in [2.45, 2.75) is 33.0 Å². The third-order valence-electron chi connectivity index (χ3n) is 2.90. The number of carbonyl (C=O) groups is 1. The molecule has 0 bridgehead atoms. The van der Waals surface area contributed by atoms with Gasteiger partial charge in [-0.05, 0) is 32.4 Å². The molecule has 1 aromatic rings. The maximum Gasteiger partial charge on any atom is 0.410 e. The van der Waals surface area contributed by atoms with Gasteiger partial charge in [-0.15, -0.1) is 0 Å². The minimum absolute atomic E-state index is 0.340. The Bertz CT molecular complexity index is 559. The molecule has 0 spiro atoms. The van der Waals surface area contributed by atoms with Crippen molar-refractivity contribution in [1.82, 2.24) is 4.90 Å². The fourth-order valence-corrected chi connectivity index (χ4v) is 1.92. The summed E-state index contributed by atoms with van der Waals surface area (Å²) < 4.78 is 5.36. The molecular formula is C17H22N2O3. The molecule has 0 aliphatic carbocycles. The van der Waals surface area contributed by atoms with Gasteiger partial charge in [-0.3, -0.25) is 4.90 Å². The SMILES string of the molecule is CC(C)(C)OC(=O)N1CC=C/C(=N/OCc2ccccc2)C1. The minimum Gasteiger partial charge on any atom is -0.444 e. The maximum atomic E-state index is 12.0. The second-order valence-electron chi connectivity index (χ2n) is 6.10. The molecule has 0 radical (unpaired) electrons. The van der Waals surface area contributed by atoms with Gasteiger partial charge in [-0.2, -0.15) is 0 Å². The van der Waals surface area contributed by atoms with Crippen LogP contribution < -0.4 is 0 Å². The summed E-state index contributed by atoms with van der Waals surface area (Å²) in [6, 6.07) is 9.82. The van der Waals surface area contributed by atoms with E-state index in [0.717, 1.165) is 5.56 Å². The van der Waals surface area contributed by atoms with E-state index in [1.807, 2.05) is 63.3 Å². The van der Waals surface area contributed by atoms with Crippen molar-refractivity contribution in [3.05, 3.63) is 48.0 Å². The number of amides is 1. The number of carbonyl (C=O) groups excluding carboxylic acids is 1. The predicted octanol–water partition coefficient (Wildman–Crippen LogP) is 3.37. The first-order valence-electron chi connectivity index (χ1n) is 7.31. The molecule has 1 amide bonds. The molecule has 0 atom stereocenters. The van der Waals surface area contributed by atoms with Crippen LogP contribution >= 0.6 is 0 Å². The van der Waals surface area contributed by atoms with E-state index in [4.69, 9.17) is 9.57 Å². The zero-order valence-corrected chi connectivity index (χ0v) is 13.3. The van der Waals surface area contributed by atoms with Crippen molar-refractivity contribution in [2.75, 3.05) is 13.1 Å². The standard InChI is InChI=1S/C17H22N2O3/c1-17(2,3)22-16(20)19-11-7-10-15(12-19)18-21-13-14-8-5-4-6-9-14/h4-10H,11-13H2,1-3H3/b18-15-. The molecule has 118 valence electrons. The summed E-state index contributed by atoms with van der Waals surface area (Å²) >= 11 is 0. The highest BCUT2D eigenvalue weighted by atomic mass is 16.6. The van der Waals surface area contributed by atoms with E-state index in [9.17, 15) is 4.79 Å². The van der Waals surface area contributed by atoms with Gasteiger partial charge in [0.1, 0.15) is 12.2 Å². The third kappa shape index (κ3) is 5.24. The van der Waals surface area contributed by atoms with Gasteiger partial charge in [-0.1, -0.05) is 41.6 Å². The van der Waals surface area contributed by atoms with Crippen molar-refractivity contribution in [3.63, 3.8) is 0 Å². The molecular weight excluding hydrogens is 280 g/mol. The fourth-order valence-electron chi connectivity index (χ4n) is 1.92. The van der Waals surface area contributed by atoms with E-state index in [2.05, 4.69) is 5.16 Å². The van der Waals surface area contributed by atoms with Gasteiger partial charge in [0.05, 0.1) is 12.3 Å². The maximum absolute atomic E-state index is 12.0. The lowest BCUT2D eigenvalue weighted by molar-refractivity contribution is 0.0294. The summed E-state index contributed by atoms with van der Waals surface area (Å²) in [6.07, 6.45) is 3.40. The van der Waals surface area contributed by atoms with E-state index in [1.165, 1.54) is 0 Å². The monoisotopic (exact) mass is 302 g/mol. The second kappa shape index (κ2) is 7.11. The van der Waals surface area contributed by atoms with E-state index >= 15 is 0 Å². The van der Waals surface area contributed by atoms with Crippen LogP contribution in [0.5, 0.6) is 0 Å². The average Bonchev–Trinajstić information content (AvgIpc) is 2.47. The fraction of sp³-hybridized carbons (Fsp3) is 0.412. The van der Waals surface area contributed by atoms with Crippen LogP contribution in [0.3, 0.4) is 0 Å². The third-order valence-corrected chi connectivity index (χ3v) is 2.90. The lowest BCUT2D eigenvalue weighted by atomic mass is 10.2. The van der Waals surface area contributed by atoms with Crippen molar-refractivity contribution in [1.29, 1.82) is 0 Å². The quantitative estimate of drug-likeness (QED) is 0.804. The Morgan fingerprint density at radius 3 is 2.68 bits per heavy atom. The van der Waals surface area contributed by atoms with Crippen LogP contribution in [0.2, 0.25) is 0 Å². The van der Waals surface area contributed by atoms with Crippen molar-refractivity contribution in [3.8, 4) is 0 Å². The summed E-state index contributed by atoms with van der Waals surface area (Å²) in [5, 5.41) is 4.09. The topological polar surface area (TPSA) is 51.1 Å². The number of rotatable bonds is 3. The summed E-state index contributed by atoms with van der Waals surface area (Å²) in [5.74, 6) is 0. The lowest BCUT2D eigenvalue weighted by Crippen LogP contribution is -2.41. The Labute approximate surface area is 131 Å². The van der Waals surface area contributed by atoms with Gasteiger partial charge in [0.2, 0.25) is 0 Å². The molecule has 5 nitrogen and oxygen atoms in total. The van der Waals surface area contributed by atoms with Crippen molar-refractivity contribution in [2.24, 2.45) is 5.16 Å². The van der Waals surface area contributed by atoms with Gasteiger partial charge < -0.3 is 9.57 Å². The normalized spacial score (nSPS) is 16.7. The van der Waals surface area contributed by atoms with Crippen LogP contribution in [0, 0.1) is 0 Å². The highest BCUT2D eigenvalue weighted by molar-refractivity contribution is 5.98. The molecule has 0 aromatic heterocycles. The highest BCUT2D eigenvalue weighted by Gasteiger charge is 2.23. The Kier molecular flexibility index (Phi) is 5.20. The van der Waals surface area contributed by atoms with Crippen LogP contribution in [0.4, 0.5) is 4.79 Å². The van der Waals surface area contributed by atoms with Crippen molar-refractivity contribution < 1.29 is 14.4 Å². The summed E-state index contributed by atoms with van der Waals surface area (Å²) in [6.45, 7) is 6.87. The van der Waals surface area contributed by atoms with Crippen LogP contribution in [0.1, 0.15) is 26.3 Å². The van der Waals surface area contributed by atoms with Crippen LogP contribution in [-0.2, 0) is 16.2 Å². The number of ether oxygens (including phenoxy) is 1. The number of nitrogens with zero attached hydrogens (tertiary/aromatic N) is 2. The van der Waals surface area contributed by atoms with Gasteiger partial charge in [-0.25, -0.2) is 4.79 Å². The Morgan fingerprint density at radius 1 is 1.27 bits per heavy atom. The molecule has 22 heavy (non-hydrogen) atoms. The number of hydrogen-bond acceptors (Lipinski definition) is 4. The van der Waals surface area contributed by atoms with Gasteiger partial charge >= 0.3 is 6.09 Å². The van der Waals surface area contributed by atoms with E-state index in [-0.39, 0.29) is 6.09 Å². The first kappa shape index (κ1) is 16.1. The van der Waals surface area contributed by atoms with Gasteiger partial charge in [0, 0.05) is 6.54 Å². The molecule has 2 rings (SSSR count). The molecule has 5 heteroatoms. The summed E-state index contributed by atoms with van der Waals surface area (Å²) in [5.41, 5.74) is 1.25. The first-order valence-corrected chi connectivity index (χ1v) is 7.31. The minimum atomic E-state index is -0.501. The molecule has 1 heterocycles. The Balaban J connectivity index is 1.87. The van der Waals surface area contributed by atoms with Gasteiger partial charge in [0.25, 0.3) is 0 Å². The molecule has 1 aliphatic rings. The first-order chi connectivity index (χ1) is 10.4. The molecule has 0 saturated heterocycles. The second-order valence-corrected chi connectivity index (χ2v) is 6.10. The zero-order valence-electron chi connectivity index (χ0n) is 13.3. The van der Waals surface area contributed by atoms with E-state index < -0.39 is 5.60 Å². The summed E-state index contributed by atoms with van der Waals surface area (Å²) in [4.78, 5) is 19.0. The molecule has 0 N–H and O–H groups in total. The van der Waals surface area contributed by atoms with Crippen LogP contribution in [-0.4, -0.2) is 35.4 Å². The molecule has 0 fully saturated rings. The summed E-state index contributed by atoms with van der Waals surface area (Å²) in [7, 11) is 0. The predicted molar refractivity (Wildman–Crippen MR) is 85.6 cm³/mol. The Morgan fingerprint density at radius 2 is 2.00 bits per heavy atom. The van der Waals surface area contributed by atoms with Crippen molar-refractivity contribution >= 4 is 11.8 Å². The number of benzene rings is 1. The number of hydrogen-bond donors (Lipinski definition) is 0. The van der Waals surface area contributed by atoms with E-state index in [0.29, 0.717) is 25.4 Å². The lowest BCUT2D eigenvalue weighted by Gasteiger charge is -2.28. The molecule has 0 saturated carbocycles. The van der Waals surface area contributed by atoms with Gasteiger partial charge in [0.15, 0.2) is 0 Å². The average molecular weight is 302 g/mol. The smallest absolute Gasteiger partial charge is 0.410 e. The Hall–Kier alpha value is -2.30. The zero-order chi connectivity index (χ0) is 16.0. The largest absolute Gasteiger partial charge is 0.444 e. The highest BCUT2D eigenvalue weighted by Crippen LogP contribution is 2.12.